The predicted molar refractivity (Wildman–Crippen MR) is 94.8 cm³/mol. The highest BCUT2D eigenvalue weighted by molar-refractivity contribution is 8.17. The molecule has 0 radical (unpaired) electrons. The van der Waals surface area contributed by atoms with E-state index in [9.17, 15) is 8.42 Å². The third-order valence-corrected chi connectivity index (χ3v) is 6.08. The van der Waals surface area contributed by atoms with Gasteiger partial charge in [-0.2, -0.15) is 0 Å². The van der Waals surface area contributed by atoms with E-state index in [1.54, 1.807) is 30.3 Å². The zero-order valence-corrected chi connectivity index (χ0v) is 14.9. The number of benzene rings is 2. The Morgan fingerprint density at radius 2 is 1.50 bits per heavy atom. The highest BCUT2D eigenvalue weighted by Crippen LogP contribution is 2.45. The zero-order chi connectivity index (χ0) is 16.4. The van der Waals surface area contributed by atoms with Crippen LogP contribution in [-0.2, 0) is 10.0 Å². The number of hydrogen-bond donors (Lipinski definition) is 1. The molecular formula is C13H11Cl3N2O2S2. The molecular weight excluding hydrogens is 387 g/mol. The lowest BCUT2D eigenvalue weighted by Gasteiger charge is -2.26. The lowest BCUT2D eigenvalue weighted by Crippen LogP contribution is -2.27. The molecule has 0 heterocycles. The number of sulfonamides is 1. The molecule has 2 rings (SSSR count). The van der Waals surface area contributed by atoms with Crippen LogP contribution in [0.4, 0.5) is 11.4 Å². The van der Waals surface area contributed by atoms with E-state index in [-0.39, 0.29) is 4.90 Å². The standard InChI is InChI=1S/C13H11Cl3N2O2S2/c14-13(15,16)21-18(11-4-2-1-3-5-11)22(19,20)12-8-6-10(17)7-9-12/h1-9H,17H2. The van der Waals surface area contributed by atoms with Gasteiger partial charge in [0, 0.05) is 17.6 Å². The molecule has 4 nitrogen and oxygen atoms in total. The van der Waals surface area contributed by atoms with Crippen molar-refractivity contribution in [3.8, 4) is 0 Å². The molecule has 0 unspecified atom stereocenters. The first-order chi connectivity index (χ1) is 10.2. The Kier molecular flexibility index (Phi) is 5.40. The maximum atomic E-state index is 12.8. The van der Waals surface area contributed by atoms with Crippen LogP contribution in [0.15, 0.2) is 59.5 Å². The van der Waals surface area contributed by atoms with Crippen molar-refractivity contribution in [2.75, 3.05) is 9.44 Å². The first-order valence-corrected chi connectivity index (χ1v) is 9.27. The number of anilines is 2. The number of nitrogens with two attached hydrogens (primary N) is 1. The Balaban J connectivity index is 2.50. The lowest BCUT2D eigenvalue weighted by atomic mass is 10.3. The quantitative estimate of drug-likeness (QED) is 0.470. The van der Waals surface area contributed by atoms with Crippen molar-refractivity contribution in [3.05, 3.63) is 54.6 Å². The minimum absolute atomic E-state index is 0.0484. The van der Waals surface area contributed by atoms with Gasteiger partial charge in [0.25, 0.3) is 13.1 Å². The summed E-state index contributed by atoms with van der Waals surface area (Å²) in [6, 6.07) is 14.2. The smallest absolute Gasteiger partial charge is 0.273 e. The van der Waals surface area contributed by atoms with E-state index in [2.05, 4.69) is 0 Å². The summed E-state index contributed by atoms with van der Waals surface area (Å²) in [5.41, 5.74) is 6.41. The molecule has 22 heavy (non-hydrogen) atoms. The summed E-state index contributed by atoms with van der Waals surface area (Å²) in [7, 11) is -3.92. The lowest BCUT2D eigenvalue weighted by molar-refractivity contribution is 0.598. The molecule has 2 aromatic carbocycles. The molecule has 0 bridgehead atoms. The third kappa shape index (κ3) is 4.36. The molecule has 0 aliphatic carbocycles. The fourth-order valence-electron chi connectivity index (χ4n) is 1.62. The number of hydrogen-bond acceptors (Lipinski definition) is 4. The summed E-state index contributed by atoms with van der Waals surface area (Å²) in [5.74, 6) is 0. The van der Waals surface area contributed by atoms with Gasteiger partial charge < -0.3 is 5.73 Å². The van der Waals surface area contributed by atoms with Crippen molar-refractivity contribution in [1.29, 1.82) is 0 Å². The van der Waals surface area contributed by atoms with Gasteiger partial charge >= 0.3 is 0 Å². The molecule has 0 aliphatic rings. The summed E-state index contributed by atoms with van der Waals surface area (Å²) in [4.78, 5) is 0.0484. The van der Waals surface area contributed by atoms with Gasteiger partial charge in [-0.05, 0) is 36.4 Å². The molecule has 0 fully saturated rings. The van der Waals surface area contributed by atoms with Crippen LogP contribution in [0.3, 0.4) is 0 Å². The molecule has 0 saturated carbocycles. The Labute approximate surface area is 148 Å². The molecule has 118 valence electrons. The molecule has 0 aliphatic heterocycles. The first-order valence-electron chi connectivity index (χ1n) is 5.92. The van der Waals surface area contributed by atoms with Gasteiger partial charge in [0.1, 0.15) is 0 Å². The highest BCUT2D eigenvalue weighted by Gasteiger charge is 2.34. The van der Waals surface area contributed by atoms with Crippen LogP contribution in [0.1, 0.15) is 0 Å². The minimum atomic E-state index is -3.92. The van der Waals surface area contributed by atoms with Crippen LogP contribution in [0, 0.1) is 0 Å². The third-order valence-electron chi connectivity index (χ3n) is 2.55. The number of rotatable bonds is 4. The average molecular weight is 398 g/mol. The van der Waals surface area contributed by atoms with Gasteiger partial charge in [-0.25, -0.2) is 12.1 Å². The first kappa shape index (κ1) is 17.6. The van der Waals surface area contributed by atoms with E-state index in [1.165, 1.54) is 24.3 Å². The van der Waals surface area contributed by atoms with E-state index in [4.69, 9.17) is 40.5 Å². The Morgan fingerprint density at radius 3 is 2.00 bits per heavy atom. The predicted octanol–water partition coefficient (Wildman–Crippen LogP) is 4.44. The van der Waals surface area contributed by atoms with Crippen molar-refractivity contribution < 1.29 is 8.42 Å². The second-order valence-electron chi connectivity index (χ2n) is 4.17. The second kappa shape index (κ2) is 6.76. The van der Waals surface area contributed by atoms with Gasteiger partial charge in [0.05, 0.1) is 10.6 Å². The van der Waals surface area contributed by atoms with Crippen molar-refractivity contribution in [2.45, 2.75) is 8.02 Å². The van der Waals surface area contributed by atoms with Crippen molar-refractivity contribution >= 4 is 68.1 Å². The van der Waals surface area contributed by atoms with E-state index in [1.807, 2.05) is 0 Å². The van der Waals surface area contributed by atoms with Crippen LogP contribution < -0.4 is 9.44 Å². The fourth-order valence-corrected chi connectivity index (χ4v) is 5.08. The van der Waals surface area contributed by atoms with Crippen LogP contribution in [0.2, 0.25) is 0 Å². The molecule has 9 heteroatoms. The van der Waals surface area contributed by atoms with Crippen molar-refractivity contribution in [2.24, 2.45) is 0 Å². The Morgan fingerprint density at radius 1 is 0.955 bits per heavy atom. The van der Waals surface area contributed by atoms with Crippen molar-refractivity contribution in [1.82, 2.24) is 0 Å². The maximum Gasteiger partial charge on any atom is 0.273 e. The second-order valence-corrected chi connectivity index (χ2v) is 10.3. The molecule has 0 amide bonds. The van der Waals surface area contributed by atoms with E-state index in [0.717, 1.165) is 3.71 Å². The van der Waals surface area contributed by atoms with Crippen LogP contribution in [-0.4, -0.2) is 11.5 Å². The Hall–Kier alpha value is -0.790. The van der Waals surface area contributed by atoms with Crippen molar-refractivity contribution in [3.63, 3.8) is 0 Å². The maximum absolute atomic E-state index is 12.8. The van der Waals surface area contributed by atoms with E-state index < -0.39 is 13.1 Å². The minimum Gasteiger partial charge on any atom is -0.399 e. The molecule has 0 spiro atoms. The summed E-state index contributed by atoms with van der Waals surface area (Å²) in [5, 5.41) is 0. The highest BCUT2D eigenvalue weighted by atomic mass is 35.6. The van der Waals surface area contributed by atoms with Gasteiger partial charge in [0.2, 0.25) is 0 Å². The van der Waals surface area contributed by atoms with Gasteiger partial charge in [0.15, 0.2) is 0 Å². The zero-order valence-electron chi connectivity index (χ0n) is 11.0. The SMILES string of the molecule is Nc1ccc(S(=O)(=O)N(SC(Cl)(Cl)Cl)c2ccccc2)cc1. The number of halogens is 3. The van der Waals surface area contributed by atoms with Crippen LogP contribution >= 0.6 is 46.8 Å². The molecule has 0 atom stereocenters. The molecule has 0 saturated heterocycles. The van der Waals surface area contributed by atoms with E-state index in [0.29, 0.717) is 23.3 Å². The summed E-state index contributed by atoms with van der Waals surface area (Å²) in [6.07, 6.45) is 0. The van der Waals surface area contributed by atoms with Gasteiger partial charge in [-0.15, -0.1) is 0 Å². The monoisotopic (exact) mass is 396 g/mol. The summed E-state index contributed by atoms with van der Waals surface area (Å²) >= 11 is 17.9. The average Bonchev–Trinajstić information content (AvgIpc) is 2.45. The number of nitrogen functional groups attached to an aromatic ring is 1. The number of alkyl halides is 3. The fraction of sp³-hybridized carbons (Fsp3) is 0.0769. The normalized spacial score (nSPS) is 12.1. The van der Waals surface area contributed by atoms with Crippen LogP contribution in [0.25, 0.3) is 0 Å². The molecule has 0 aromatic heterocycles. The topological polar surface area (TPSA) is 63.4 Å². The summed E-state index contributed by atoms with van der Waals surface area (Å²) in [6.45, 7) is 0. The van der Waals surface area contributed by atoms with E-state index >= 15 is 0 Å². The summed E-state index contributed by atoms with van der Waals surface area (Å²) < 4.78 is 24.8. The number of para-hydroxylation sites is 1. The Bertz CT molecular complexity index is 732. The number of nitrogens with zero attached hydrogens (tertiary/aromatic N) is 1. The van der Waals surface area contributed by atoms with Gasteiger partial charge in [-0.3, -0.25) is 0 Å². The molecule has 2 aromatic rings. The largest absolute Gasteiger partial charge is 0.399 e. The molecule has 2 N–H and O–H groups in total. The van der Waals surface area contributed by atoms with Crippen LogP contribution in [0.5, 0.6) is 0 Å². The van der Waals surface area contributed by atoms with Gasteiger partial charge in [-0.1, -0.05) is 53.0 Å².